The first kappa shape index (κ1) is 10.1. The van der Waals surface area contributed by atoms with E-state index in [-0.39, 0.29) is 5.82 Å². The lowest BCUT2D eigenvalue weighted by Crippen LogP contribution is -2.38. The van der Waals surface area contributed by atoms with Crippen molar-refractivity contribution in [2.75, 3.05) is 0 Å². The van der Waals surface area contributed by atoms with Gasteiger partial charge in [-0.15, -0.1) is 0 Å². The van der Waals surface area contributed by atoms with Crippen LogP contribution in [-0.2, 0) is 0 Å². The molecule has 2 aromatic rings. The van der Waals surface area contributed by atoms with Crippen LogP contribution in [0.2, 0.25) is 6.55 Å². The predicted octanol–water partition coefficient (Wildman–Crippen LogP) is 2.06. The molecule has 0 saturated carbocycles. The normalized spacial score (nSPS) is 10.6. The summed E-state index contributed by atoms with van der Waals surface area (Å²) in [5.74, 6) is -0.165. The number of halogens is 1. The van der Waals surface area contributed by atoms with E-state index in [1.807, 2.05) is 30.3 Å². The Morgan fingerprint density at radius 3 is 1.93 bits per heavy atom. The highest BCUT2D eigenvalue weighted by Crippen LogP contribution is 1.95. The summed E-state index contributed by atoms with van der Waals surface area (Å²) < 4.78 is 12.8. The Kier molecular flexibility index (Phi) is 2.97. The molecule has 0 unspecified atom stereocenters. The Morgan fingerprint density at radius 1 is 0.800 bits per heavy atom. The summed E-state index contributed by atoms with van der Waals surface area (Å²) >= 11 is 0. The maximum absolute atomic E-state index is 12.8. The van der Waals surface area contributed by atoms with Crippen LogP contribution in [0.15, 0.2) is 54.6 Å². The van der Waals surface area contributed by atoms with E-state index in [1.54, 1.807) is 0 Å². The van der Waals surface area contributed by atoms with E-state index in [0.29, 0.717) is 0 Å². The van der Waals surface area contributed by atoms with Gasteiger partial charge >= 0.3 is 0 Å². The first-order chi connectivity index (χ1) is 7.27. The molecule has 0 amide bonds. The van der Waals surface area contributed by atoms with Gasteiger partial charge in [0.2, 0.25) is 0 Å². The topological polar surface area (TPSA) is 0 Å². The van der Waals surface area contributed by atoms with Crippen molar-refractivity contribution in [2.24, 2.45) is 0 Å². The molecule has 0 fully saturated rings. The van der Waals surface area contributed by atoms with Crippen molar-refractivity contribution in [1.82, 2.24) is 0 Å². The van der Waals surface area contributed by atoms with Crippen LogP contribution in [0.25, 0.3) is 0 Å². The third kappa shape index (κ3) is 2.33. The molecule has 0 aromatic heterocycles. The summed E-state index contributed by atoms with van der Waals surface area (Å²) in [7, 11) is -0.728. The maximum Gasteiger partial charge on any atom is 0.123 e. The largest absolute Gasteiger partial charge is 0.207 e. The minimum Gasteiger partial charge on any atom is -0.207 e. The lowest BCUT2D eigenvalue weighted by Gasteiger charge is -2.09. The second-order valence-corrected chi connectivity index (χ2v) is 5.90. The molecule has 0 saturated heterocycles. The van der Waals surface area contributed by atoms with E-state index in [4.69, 9.17) is 0 Å². The first-order valence-corrected chi connectivity index (χ1v) is 6.92. The molecule has 0 atom stereocenters. The molecule has 15 heavy (non-hydrogen) atoms. The van der Waals surface area contributed by atoms with Gasteiger partial charge in [0.1, 0.15) is 14.6 Å². The average Bonchev–Trinajstić information content (AvgIpc) is 2.30. The van der Waals surface area contributed by atoms with Gasteiger partial charge in [-0.3, -0.25) is 0 Å². The minimum atomic E-state index is -0.728. The highest BCUT2D eigenvalue weighted by atomic mass is 28.3. The third-order valence-corrected chi connectivity index (χ3v) is 4.88. The molecule has 2 heteroatoms. The van der Waals surface area contributed by atoms with E-state index >= 15 is 0 Å². The smallest absolute Gasteiger partial charge is 0.123 e. The molecule has 0 bridgehead atoms. The number of rotatable bonds is 2. The molecule has 0 aliphatic rings. The zero-order chi connectivity index (χ0) is 10.7. The highest BCUT2D eigenvalue weighted by molar-refractivity contribution is 6.84. The summed E-state index contributed by atoms with van der Waals surface area (Å²) in [6.45, 7) is 2.23. The van der Waals surface area contributed by atoms with E-state index < -0.39 is 8.80 Å². The van der Waals surface area contributed by atoms with Crippen LogP contribution in [0.3, 0.4) is 0 Å². The van der Waals surface area contributed by atoms with Gasteiger partial charge in [0.05, 0.1) is 0 Å². The number of hydrogen-bond acceptors (Lipinski definition) is 0. The fraction of sp³-hybridized carbons (Fsp3) is 0.0769. The van der Waals surface area contributed by atoms with Crippen LogP contribution >= 0.6 is 0 Å². The van der Waals surface area contributed by atoms with Crippen LogP contribution in [0.1, 0.15) is 0 Å². The minimum absolute atomic E-state index is 0.165. The van der Waals surface area contributed by atoms with Gasteiger partial charge in [0.25, 0.3) is 0 Å². The maximum atomic E-state index is 12.8. The van der Waals surface area contributed by atoms with Crippen LogP contribution < -0.4 is 10.4 Å². The third-order valence-electron chi connectivity index (χ3n) is 2.48. The van der Waals surface area contributed by atoms with E-state index in [2.05, 4.69) is 18.7 Å². The summed E-state index contributed by atoms with van der Waals surface area (Å²) in [6, 6.07) is 17.2. The average molecular weight is 215 g/mol. The van der Waals surface area contributed by atoms with Gasteiger partial charge < -0.3 is 0 Å². The molecule has 0 aliphatic carbocycles. The molecular weight excluding hydrogens is 203 g/mol. The molecule has 0 spiro atoms. The second-order valence-electron chi connectivity index (χ2n) is 3.50. The fourth-order valence-corrected chi connectivity index (χ4v) is 3.25. The van der Waals surface area contributed by atoms with Gasteiger partial charge in [0, 0.05) is 0 Å². The van der Waals surface area contributed by atoms with Gasteiger partial charge in [-0.2, -0.15) is 0 Å². The molecule has 0 heterocycles. The molecule has 1 radical (unpaired) electrons. The van der Waals surface area contributed by atoms with Crippen molar-refractivity contribution in [2.45, 2.75) is 6.55 Å². The Balaban J connectivity index is 2.29. The van der Waals surface area contributed by atoms with Crippen molar-refractivity contribution in [3.63, 3.8) is 0 Å². The van der Waals surface area contributed by atoms with Gasteiger partial charge in [0.15, 0.2) is 0 Å². The molecule has 0 nitrogen and oxygen atoms in total. The van der Waals surface area contributed by atoms with Crippen molar-refractivity contribution >= 4 is 19.2 Å². The van der Waals surface area contributed by atoms with Gasteiger partial charge in [-0.25, -0.2) is 4.39 Å². The SMILES string of the molecule is C[Si](c1ccccc1)c1ccc(F)cc1. The summed E-state index contributed by atoms with van der Waals surface area (Å²) in [5, 5.41) is 2.60. The molecular formula is C13H12FSi. The molecule has 0 aliphatic heterocycles. The van der Waals surface area contributed by atoms with Crippen molar-refractivity contribution < 1.29 is 4.39 Å². The summed E-state index contributed by atoms with van der Waals surface area (Å²) in [4.78, 5) is 0. The predicted molar refractivity (Wildman–Crippen MR) is 63.7 cm³/mol. The molecule has 0 N–H and O–H groups in total. The standard InChI is InChI=1S/C13H12FSi/c1-15(12-5-3-2-4-6-12)13-9-7-11(14)8-10-13/h2-10H,1H3. The number of benzene rings is 2. The Labute approximate surface area is 91.0 Å². The lowest BCUT2D eigenvalue weighted by molar-refractivity contribution is 0.628. The molecule has 2 rings (SSSR count). The zero-order valence-electron chi connectivity index (χ0n) is 8.57. The summed E-state index contributed by atoms with van der Waals surface area (Å²) in [6.07, 6.45) is 0. The lowest BCUT2D eigenvalue weighted by atomic mass is 10.3. The molecule has 2 aromatic carbocycles. The summed E-state index contributed by atoms with van der Waals surface area (Å²) in [5.41, 5.74) is 0. The van der Waals surface area contributed by atoms with Crippen molar-refractivity contribution in [3.8, 4) is 0 Å². The van der Waals surface area contributed by atoms with Crippen LogP contribution in [0, 0.1) is 5.82 Å². The van der Waals surface area contributed by atoms with Crippen molar-refractivity contribution in [3.05, 3.63) is 60.4 Å². The van der Waals surface area contributed by atoms with Crippen LogP contribution in [-0.4, -0.2) is 8.80 Å². The molecule has 75 valence electrons. The van der Waals surface area contributed by atoms with E-state index in [0.717, 1.165) is 0 Å². The Morgan fingerprint density at radius 2 is 1.33 bits per heavy atom. The van der Waals surface area contributed by atoms with Gasteiger partial charge in [-0.05, 0) is 12.1 Å². The first-order valence-electron chi connectivity index (χ1n) is 4.92. The van der Waals surface area contributed by atoms with Crippen LogP contribution in [0.5, 0.6) is 0 Å². The fourth-order valence-electron chi connectivity index (χ4n) is 1.55. The second kappa shape index (κ2) is 4.40. The highest BCUT2D eigenvalue weighted by Gasteiger charge is 2.09. The van der Waals surface area contributed by atoms with Gasteiger partial charge in [-0.1, -0.05) is 59.4 Å². The van der Waals surface area contributed by atoms with Crippen molar-refractivity contribution in [1.29, 1.82) is 0 Å². The number of hydrogen-bond donors (Lipinski definition) is 0. The monoisotopic (exact) mass is 215 g/mol. The van der Waals surface area contributed by atoms with E-state index in [1.165, 1.54) is 22.5 Å². The quantitative estimate of drug-likeness (QED) is 0.673. The zero-order valence-corrected chi connectivity index (χ0v) is 9.57. The Bertz CT molecular complexity index is 422. The Hall–Kier alpha value is -1.41. The van der Waals surface area contributed by atoms with E-state index in [9.17, 15) is 4.39 Å². The van der Waals surface area contributed by atoms with Crippen LogP contribution in [0.4, 0.5) is 4.39 Å².